The predicted octanol–water partition coefficient (Wildman–Crippen LogP) is 5.36. The minimum absolute atomic E-state index is 0.00129. The maximum atomic E-state index is 12.1. The van der Waals surface area contributed by atoms with Gasteiger partial charge >= 0.3 is 11.9 Å². The fourth-order valence-corrected chi connectivity index (χ4v) is 16.5. The van der Waals surface area contributed by atoms with E-state index in [1.165, 1.54) is 0 Å². The van der Waals surface area contributed by atoms with E-state index in [4.69, 9.17) is 9.47 Å². The first-order valence-corrected chi connectivity index (χ1v) is 22.1. The number of fused-ring (bicyclic) bond motifs is 10. The van der Waals surface area contributed by atoms with E-state index in [-0.39, 0.29) is 65.1 Å². The van der Waals surface area contributed by atoms with Crippen LogP contribution in [0.4, 0.5) is 0 Å². The van der Waals surface area contributed by atoms with Crippen LogP contribution in [0.25, 0.3) is 0 Å². The van der Waals surface area contributed by atoms with Crippen molar-refractivity contribution >= 4 is 17.7 Å². The molecule has 0 aromatic heterocycles. The van der Waals surface area contributed by atoms with Crippen LogP contribution in [0.1, 0.15) is 130 Å². The molecule has 10 nitrogen and oxygen atoms in total. The van der Waals surface area contributed by atoms with Crippen LogP contribution in [0.5, 0.6) is 0 Å². The lowest BCUT2D eigenvalue weighted by Gasteiger charge is -2.64. The van der Waals surface area contributed by atoms with Gasteiger partial charge in [0.1, 0.15) is 19.0 Å². The van der Waals surface area contributed by atoms with Gasteiger partial charge in [-0.15, -0.1) is 0 Å². The highest BCUT2D eigenvalue weighted by atomic mass is 16.5. The predicted molar refractivity (Wildman–Crippen MR) is 205 cm³/mol. The molecule has 310 valence electrons. The second-order valence-electron chi connectivity index (χ2n) is 21.4. The Bertz CT molecular complexity index is 1720. The molecule has 2 aliphatic heterocycles. The summed E-state index contributed by atoms with van der Waals surface area (Å²) in [5.41, 5.74) is -1.13. The molecule has 0 spiro atoms. The number of Topliss-reactive ketones (excluding diaryl/α,β-unsaturated/α-hetero) is 1. The molecule has 0 amide bonds. The molecule has 5 N–H and O–H groups in total. The number of rotatable bonds is 2. The van der Waals surface area contributed by atoms with Gasteiger partial charge in [0.15, 0.2) is 0 Å². The number of carbonyl (C=O) groups excluding carboxylic acids is 3. The molecule has 8 fully saturated rings. The second kappa shape index (κ2) is 13.2. The smallest absolute Gasteiger partial charge is 0.331 e. The Labute approximate surface area is 331 Å². The van der Waals surface area contributed by atoms with E-state index in [1.807, 2.05) is 13.8 Å². The number of hydrogen-bond donors (Lipinski definition) is 5. The van der Waals surface area contributed by atoms with E-state index in [0.717, 1.165) is 75.4 Å². The molecule has 0 aromatic carbocycles. The molecule has 0 aromatic rings. The third kappa shape index (κ3) is 5.26. The lowest BCUT2D eigenvalue weighted by atomic mass is 9.42. The normalized spacial score (nSPS) is 54.4. The Morgan fingerprint density at radius 2 is 1.05 bits per heavy atom. The van der Waals surface area contributed by atoms with Crippen LogP contribution < -0.4 is 0 Å². The molecule has 56 heavy (non-hydrogen) atoms. The molecule has 8 aliphatic carbocycles. The summed E-state index contributed by atoms with van der Waals surface area (Å²) < 4.78 is 10.3. The van der Waals surface area contributed by atoms with Crippen molar-refractivity contribution in [1.82, 2.24) is 0 Å². The van der Waals surface area contributed by atoms with E-state index in [9.17, 15) is 39.9 Å². The average molecular weight is 779 g/mol. The Morgan fingerprint density at radius 3 is 1.54 bits per heavy atom. The highest BCUT2D eigenvalue weighted by Gasteiger charge is 2.72. The quantitative estimate of drug-likeness (QED) is 0.230. The van der Waals surface area contributed by atoms with Gasteiger partial charge in [0, 0.05) is 35.8 Å². The summed E-state index contributed by atoms with van der Waals surface area (Å²) in [7, 11) is 0. The van der Waals surface area contributed by atoms with E-state index in [2.05, 4.69) is 13.8 Å². The number of ketones is 1. The molecule has 10 rings (SSSR count). The lowest BCUT2D eigenvalue weighted by molar-refractivity contribution is -0.245. The van der Waals surface area contributed by atoms with Crippen LogP contribution in [0.15, 0.2) is 23.3 Å². The molecule has 0 bridgehead atoms. The summed E-state index contributed by atoms with van der Waals surface area (Å²) in [5, 5.41) is 57.3. The first-order chi connectivity index (χ1) is 26.4. The van der Waals surface area contributed by atoms with Crippen LogP contribution in [0, 0.1) is 69.0 Å². The molecule has 17 unspecified atom stereocenters. The largest absolute Gasteiger partial charge is 0.458 e. The van der Waals surface area contributed by atoms with E-state index in [0.29, 0.717) is 68.7 Å². The number of cyclic esters (lactones) is 2. The third-order valence-corrected chi connectivity index (χ3v) is 19.9. The number of carbonyl (C=O) groups is 3. The van der Waals surface area contributed by atoms with Crippen molar-refractivity contribution in [3.63, 3.8) is 0 Å². The topological polar surface area (TPSA) is 171 Å². The zero-order valence-electron chi connectivity index (χ0n) is 34.0. The van der Waals surface area contributed by atoms with Gasteiger partial charge in [-0.05, 0) is 159 Å². The molecule has 0 saturated heterocycles. The minimum Gasteiger partial charge on any atom is -0.458 e. The van der Waals surface area contributed by atoms with Crippen molar-refractivity contribution in [2.75, 3.05) is 13.2 Å². The maximum Gasteiger partial charge on any atom is 0.331 e. The number of ether oxygens (including phenoxy) is 2. The van der Waals surface area contributed by atoms with E-state index in [1.54, 1.807) is 12.2 Å². The molecule has 2 heterocycles. The SMILES string of the molecule is CC12CCC(=O)CC1CCC1C2CC(O)C2(C)C(C3=CC(=O)OC3)CCC12O.CC12CCC(O)CC1CCC1C2CC(O)C2(C)C(C3=CC(=O)OC3)CCC12O. The summed E-state index contributed by atoms with van der Waals surface area (Å²) in [6.45, 7) is 9.32. The van der Waals surface area contributed by atoms with Gasteiger partial charge in [-0.25, -0.2) is 9.59 Å². The van der Waals surface area contributed by atoms with Gasteiger partial charge in [0.2, 0.25) is 0 Å². The van der Waals surface area contributed by atoms with Crippen molar-refractivity contribution in [3.8, 4) is 0 Å². The summed E-state index contributed by atoms with van der Waals surface area (Å²) >= 11 is 0. The Morgan fingerprint density at radius 1 is 0.571 bits per heavy atom. The second-order valence-corrected chi connectivity index (χ2v) is 21.4. The molecule has 10 heteroatoms. The lowest BCUT2D eigenvalue weighted by Crippen LogP contribution is -2.67. The molecule has 17 atom stereocenters. The number of aliphatic hydroxyl groups is 5. The monoisotopic (exact) mass is 778 g/mol. The fourth-order valence-electron chi connectivity index (χ4n) is 16.5. The van der Waals surface area contributed by atoms with Gasteiger partial charge < -0.3 is 35.0 Å². The van der Waals surface area contributed by atoms with Gasteiger partial charge in [-0.1, -0.05) is 27.7 Å². The van der Waals surface area contributed by atoms with Crippen LogP contribution in [-0.4, -0.2) is 86.0 Å². The van der Waals surface area contributed by atoms with Gasteiger partial charge in [-0.3, -0.25) is 4.79 Å². The highest BCUT2D eigenvalue weighted by molar-refractivity contribution is 5.86. The fraction of sp³-hybridized carbons (Fsp3) is 0.848. The standard InChI is InChI=1S/C23H34O5.C23H32O5/c2*1-21-7-5-15(24)10-14(21)3-4-17-18(21)11-19(25)22(2)16(6-8-23(17,22)27)13-9-20(26)28-12-13/h9,14-19,24-25,27H,3-8,10-12H2,1-2H3;9,14,16-19,25,27H,3-8,10-12H2,1-2H3. The number of esters is 2. The Kier molecular flexibility index (Phi) is 9.27. The van der Waals surface area contributed by atoms with Crippen LogP contribution in [-0.2, 0) is 23.9 Å². The van der Waals surface area contributed by atoms with Crippen molar-refractivity contribution in [1.29, 1.82) is 0 Å². The van der Waals surface area contributed by atoms with Crippen molar-refractivity contribution in [2.45, 2.75) is 160 Å². The van der Waals surface area contributed by atoms with Crippen molar-refractivity contribution in [2.24, 2.45) is 69.0 Å². The maximum absolute atomic E-state index is 12.1. The zero-order valence-corrected chi connectivity index (χ0v) is 34.0. The van der Waals surface area contributed by atoms with Gasteiger partial charge in [-0.2, -0.15) is 0 Å². The molecule has 0 radical (unpaired) electrons. The van der Waals surface area contributed by atoms with Crippen LogP contribution in [0.2, 0.25) is 0 Å². The first kappa shape index (κ1) is 39.4. The van der Waals surface area contributed by atoms with Crippen LogP contribution in [0.3, 0.4) is 0 Å². The minimum atomic E-state index is -0.929. The summed E-state index contributed by atoms with van der Waals surface area (Å²) in [6, 6.07) is 0. The third-order valence-electron chi connectivity index (χ3n) is 19.9. The molecule has 8 saturated carbocycles. The van der Waals surface area contributed by atoms with E-state index >= 15 is 0 Å². The molecular weight excluding hydrogens is 712 g/mol. The average Bonchev–Trinajstić information content (AvgIpc) is 3.91. The molecule has 10 aliphatic rings. The van der Waals surface area contributed by atoms with Crippen molar-refractivity contribution in [3.05, 3.63) is 23.3 Å². The van der Waals surface area contributed by atoms with Crippen LogP contribution >= 0.6 is 0 Å². The highest BCUT2D eigenvalue weighted by Crippen LogP contribution is 2.71. The first-order valence-electron chi connectivity index (χ1n) is 22.1. The van der Waals surface area contributed by atoms with Crippen molar-refractivity contribution < 1.29 is 49.4 Å². The van der Waals surface area contributed by atoms with E-state index < -0.39 is 34.2 Å². The summed E-state index contributed by atoms with van der Waals surface area (Å²) in [6.07, 6.45) is 14.9. The zero-order chi connectivity index (χ0) is 39.8. The summed E-state index contributed by atoms with van der Waals surface area (Å²) in [4.78, 5) is 35.3. The Balaban J connectivity index is 0.000000146. The summed E-state index contributed by atoms with van der Waals surface area (Å²) in [5.74, 6) is 1.50. The molecular formula is C46H66O10. The van der Waals surface area contributed by atoms with Gasteiger partial charge in [0.05, 0.1) is 29.5 Å². The number of hydrogen-bond acceptors (Lipinski definition) is 10. The number of aliphatic hydroxyl groups excluding tert-OH is 3. The van der Waals surface area contributed by atoms with Gasteiger partial charge in [0.25, 0.3) is 0 Å². The Hall–Kier alpha value is -2.11.